The molecule has 0 aromatic carbocycles. The largest absolute Gasteiger partial charge is 0.411 e. The monoisotopic (exact) mass is 210 g/mol. The second kappa shape index (κ2) is 7.79. The first-order valence-corrected chi connectivity index (χ1v) is 4.83. The van der Waals surface area contributed by atoms with E-state index in [4.69, 9.17) is 10.4 Å². The van der Waals surface area contributed by atoms with E-state index in [1.807, 2.05) is 0 Å². The molecule has 0 atom stereocenters. The van der Waals surface area contributed by atoms with Gasteiger partial charge >= 0.3 is 0 Å². The molecule has 0 amide bonds. The SMILES string of the molecule is C=CCCC(/C=N/O)(/C=N/O)CCC=C. The van der Waals surface area contributed by atoms with Gasteiger partial charge in [-0.3, -0.25) is 0 Å². The summed E-state index contributed by atoms with van der Waals surface area (Å²) in [7, 11) is 0. The molecule has 0 radical (unpaired) electrons. The second-order valence-electron chi connectivity index (χ2n) is 3.38. The number of hydrogen-bond acceptors (Lipinski definition) is 4. The molecule has 0 fully saturated rings. The Labute approximate surface area is 90.3 Å². The Kier molecular flexibility index (Phi) is 6.97. The molecule has 0 saturated carbocycles. The van der Waals surface area contributed by atoms with Crippen LogP contribution in [0.4, 0.5) is 0 Å². The highest BCUT2D eigenvalue weighted by Gasteiger charge is 2.25. The summed E-state index contributed by atoms with van der Waals surface area (Å²) in [5.74, 6) is 0. The Bertz CT molecular complexity index is 221. The van der Waals surface area contributed by atoms with Crippen LogP contribution in [-0.4, -0.2) is 22.8 Å². The lowest BCUT2D eigenvalue weighted by molar-refractivity contribution is 0.305. The Morgan fingerprint density at radius 1 is 0.933 bits per heavy atom. The van der Waals surface area contributed by atoms with Crippen molar-refractivity contribution in [2.24, 2.45) is 15.7 Å². The van der Waals surface area contributed by atoms with Crippen molar-refractivity contribution in [1.82, 2.24) is 0 Å². The van der Waals surface area contributed by atoms with Gasteiger partial charge in [-0.2, -0.15) is 0 Å². The van der Waals surface area contributed by atoms with E-state index in [9.17, 15) is 0 Å². The van der Waals surface area contributed by atoms with Crippen molar-refractivity contribution in [3.8, 4) is 0 Å². The van der Waals surface area contributed by atoms with E-state index in [1.165, 1.54) is 12.4 Å². The Hall–Kier alpha value is -1.58. The lowest BCUT2D eigenvalue weighted by Gasteiger charge is -2.22. The average molecular weight is 210 g/mol. The number of oxime groups is 2. The fourth-order valence-electron chi connectivity index (χ4n) is 1.39. The van der Waals surface area contributed by atoms with Gasteiger partial charge in [-0.05, 0) is 25.7 Å². The lowest BCUT2D eigenvalue weighted by atomic mass is 9.81. The van der Waals surface area contributed by atoms with E-state index in [2.05, 4.69) is 23.5 Å². The summed E-state index contributed by atoms with van der Waals surface area (Å²) >= 11 is 0. The van der Waals surface area contributed by atoms with Gasteiger partial charge in [-0.1, -0.05) is 12.2 Å². The van der Waals surface area contributed by atoms with Crippen LogP contribution in [0.5, 0.6) is 0 Å². The van der Waals surface area contributed by atoms with Gasteiger partial charge in [0.05, 0.1) is 12.4 Å². The Morgan fingerprint density at radius 3 is 1.60 bits per heavy atom. The summed E-state index contributed by atoms with van der Waals surface area (Å²) in [5.41, 5.74) is -0.522. The number of hydrogen-bond donors (Lipinski definition) is 2. The molecule has 0 aromatic rings. The standard InChI is InChI=1S/C11H18N2O2/c1-3-5-7-11(9-12-14,10-13-15)8-6-4-2/h3-4,9-10,14-15H,1-2,5-8H2/b12-9+,13-10+. The predicted octanol–water partition coefficient (Wildman–Crippen LogP) is 2.83. The Balaban J connectivity index is 4.69. The molecule has 84 valence electrons. The summed E-state index contributed by atoms with van der Waals surface area (Å²) in [6.45, 7) is 7.26. The van der Waals surface area contributed by atoms with Gasteiger partial charge in [0.25, 0.3) is 0 Å². The van der Waals surface area contributed by atoms with Crippen molar-refractivity contribution in [2.75, 3.05) is 0 Å². The molecule has 0 aromatic heterocycles. The Morgan fingerprint density at radius 2 is 1.33 bits per heavy atom. The zero-order chi connectivity index (χ0) is 11.6. The van der Waals surface area contributed by atoms with E-state index < -0.39 is 5.41 Å². The minimum atomic E-state index is -0.522. The summed E-state index contributed by atoms with van der Waals surface area (Å²) in [5, 5.41) is 23.3. The molecule has 0 spiro atoms. The molecule has 0 saturated heterocycles. The fraction of sp³-hybridized carbons (Fsp3) is 0.455. The highest BCUT2D eigenvalue weighted by Crippen LogP contribution is 2.26. The maximum atomic E-state index is 8.60. The van der Waals surface area contributed by atoms with Gasteiger partial charge in [0.2, 0.25) is 0 Å². The lowest BCUT2D eigenvalue weighted by Crippen LogP contribution is -2.24. The zero-order valence-corrected chi connectivity index (χ0v) is 8.84. The van der Waals surface area contributed by atoms with E-state index in [-0.39, 0.29) is 0 Å². The molecule has 0 heterocycles. The van der Waals surface area contributed by atoms with Gasteiger partial charge in [0.15, 0.2) is 0 Å². The van der Waals surface area contributed by atoms with Gasteiger partial charge in [0.1, 0.15) is 0 Å². The first-order valence-electron chi connectivity index (χ1n) is 4.83. The third kappa shape index (κ3) is 5.00. The summed E-state index contributed by atoms with van der Waals surface area (Å²) in [6, 6.07) is 0. The third-order valence-corrected chi connectivity index (χ3v) is 2.26. The fourth-order valence-corrected chi connectivity index (χ4v) is 1.39. The molecule has 0 rings (SSSR count). The van der Waals surface area contributed by atoms with Crippen LogP contribution in [-0.2, 0) is 0 Å². The van der Waals surface area contributed by atoms with Crippen molar-refractivity contribution in [3.05, 3.63) is 25.3 Å². The molecule has 0 aliphatic heterocycles. The molecule has 4 heteroatoms. The minimum absolute atomic E-state index is 0.522. The van der Waals surface area contributed by atoms with Gasteiger partial charge in [-0.25, -0.2) is 0 Å². The van der Waals surface area contributed by atoms with Crippen LogP contribution in [0, 0.1) is 5.41 Å². The van der Waals surface area contributed by atoms with Gasteiger partial charge in [-0.15, -0.1) is 23.5 Å². The van der Waals surface area contributed by atoms with E-state index in [0.29, 0.717) is 12.8 Å². The average Bonchev–Trinajstić information content (AvgIpc) is 2.24. The highest BCUT2D eigenvalue weighted by molar-refractivity contribution is 5.88. The summed E-state index contributed by atoms with van der Waals surface area (Å²) < 4.78 is 0. The molecule has 0 aliphatic rings. The molecule has 15 heavy (non-hydrogen) atoms. The van der Waals surface area contributed by atoms with Crippen molar-refractivity contribution < 1.29 is 10.4 Å². The molecule has 0 aliphatic carbocycles. The highest BCUT2D eigenvalue weighted by atomic mass is 16.4. The van der Waals surface area contributed by atoms with Crippen LogP contribution in [0.2, 0.25) is 0 Å². The van der Waals surface area contributed by atoms with Gasteiger partial charge < -0.3 is 10.4 Å². The minimum Gasteiger partial charge on any atom is -0.411 e. The normalized spacial score (nSPS) is 12.3. The number of rotatable bonds is 8. The van der Waals surface area contributed by atoms with Crippen molar-refractivity contribution >= 4 is 12.4 Å². The predicted molar refractivity (Wildman–Crippen MR) is 61.9 cm³/mol. The van der Waals surface area contributed by atoms with E-state index >= 15 is 0 Å². The molecular weight excluding hydrogens is 192 g/mol. The quantitative estimate of drug-likeness (QED) is 0.280. The number of allylic oxidation sites excluding steroid dienone is 2. The van der Waals surface area contributed by atoms with Crippen molar-refractivity contribution in [1.29, 1.82) is 0 Å². The van der Waals surface area contributed by atoms with Crippen LogP contribution in [0.15, 0.2) is 35.6 Å². The first-order chi connectivity index (χ1) is 7.24. The smallest absolute Gasteiger partial charge is 0.0552 e. The maximum absolute atomic E-state index is 8.60. The van der Waals surface area contributed by atoms with Gasteiger partial charge in [0, 0.05) is 5.41 Å². The molecule has 0 unspecified atom stereocenters. The van der Waals surface area contributed by atoms with Crippen molar-refractivity contribution in [2.45, 2.75) is 25.7 Å². The van der Waals surface area contributed by atoms with Crippen LogP contribution in [0.3, 0.4) is 0 Å². The maximum Gasteiger partial charge on any atom is 0.0552 e. The van der Waals surface area contributed by atoms with E-state index in [1.54, 1.807) is 12.2 Å². The molecule has 4 nitrogen and oxygen atoms in total. The topological polar surface area (TPSA) is 65.2 Å². The molecule has 0 bridgehead atoms. The van der Waals surface area contributed by atoms with Crippen LogP contribution < -0.4 is 0 Å². The molecule has 2 N–H and O–H groups in total. The summed E-state index contributed by atoms with van der Waals surface area (Å²) in [4.78, 5) is 0. The third-order valence-electron chi connectivity index (χ3n) is 2.26. The number of nitrogens with zero attached hydrogens (tertiary/aromatic N) is 2. The molecular formula is C11H18N2O2. The zero-order valence-electron chi connectivity index (χ0n) is 8.84. The van der Waals surface area contributed by atoms with Crippen LogP contribution in [0.25, 0.3) is 0 Å². The van der Waals surface area contributed by atoms with Crippen LogP contribution in [0.1, 0.15) is 25.7 Å². The summed E-state index contributed by atoms with van der Waals surface area (Å²) in [6.07, 6.45) is 9.24. The first kappa shape index (κ1) is 13.4. The van der Waals surface area contributed by atoms with E-state index in [0.717, 1.165) is 12.8 Å². The second-order valence-corrected chi connectivity index (χ2v) is 3.38. The van der Waals surface area contributed by atoms with Crippen molar-refractivity contribution in [3.63, 3.8) is 0 Å². The van der Waals surface area contributed by atoms with Crippen LogP contribution >= 0.6 is 0 Å².